The molecule has 4 rings (SSSR count). The first kappa shape index (κ1) is 29.1. The Labute approximate surface area is 237 Å². The van der Waals surface area contributed by atoms with E-state index in [2.05, 4.69) is 36.1 Å². The van der Waals surface area contributed by atoms with Gasteiger partial charge in [-0.15, -0.1) is 0 Å². The van der Waals surface area contributed by atoms with Crippen LogP contribution in [0.2, 0.25) is 0 Å². The van der Waals surface area contributed by atoms with E-state index in [1.165, 1.54) is 0 Å². The molecule has 3 N–H and O–H groups in total. The summed E-state index contributed by atoms with van der Waals surface area (Å²) in [6.07, 6.45) is 3.52. The number of amides is 1. The molecule has 0 bridgehead atoms. The van der Waals surface area contributed by atoms with E-state index >= 15 is 0 Å². The lowest BCUT2D eigenvalue weighted by Crippen LogP contribution is -2.28. The molecule has 3 heterocycles. The molecule has 0 saturated heterocycles. The van der Waals surface area contributed by atoms with E-state index < -0.39 is 11.6 Å². The molecule has 3 aromatic heterocycles. The van der Waals surface area contributed by atoms with E-state index in [1.54, 1.807) is 20.0 Å². The average Bonchev–Trinajstić information content (AvgIpc) is 3.48. The number of fused-ring (bicyclic) bond motifs is 1. The van der Waals surface area contributed by atoms with Crippen molar-refractivity contribution in [3.05, 3.63) is 46.9 Å². The summed E-state index contributed by atoms with van der Waals surface area (Å²) >= 11 is 1.11. The number of carbonyl (C=O) groups is 2. The Balaban J connectivity index is 1.51. The van der Waals surface area contributed by atoms with Gasteiger partial charge in [-0.2, -0.15) is 4.98 Å². The molecule has 4 aromatic rings. The van der Waals surface area contributed by atoms with Crippen LogP contribution in [0.15, 0.2) is 35.0 Å². The normalized spacial score (nSPS) is 12.3. The third-order valence-corrected chi connectivity index (χ3v) is 6.98. The standard InChI is InChI=1S/C28H35N7O4S/c1-16-23(26(37)38-28(3,4)5)40-27(31-16)34-22(36)15-20(8-7-12-29-6)33-25-21-14-19(24-32-17(2)39-35-24)10-9-18(21)11-13-30-25/h9-11,13-14,20,29H,7-8,12,15H2,1-6H3,(H,30,33)(H,31,34,36)/t20-/m0/s1. The maximum absolute atomic E-state index is 13.1. The highest BCUT2D eigenvalue weighted by molar-refractivity contribution is 7.17. The van der Waals surface area contributed by atoms with Crippen LogP contribution in [-0.4, -0.2) is 57.2 Å². The fourth-order valence-electron chi connectivity index (χ4n) is 4.14. The van der Waals surface area contributed by atoms with Crippen molar-refractivity contribution in [1.82, 2.24) is 25.4 Å². The van der Waals surface area contributed by atoms with Crippen LogP contribution < -0.4 is 16.0 Å². The van der Waals surface area contributed by atoms with Gasteiger partial charge in [0.25, 0.3) is 0 Å². The van der Waals surface area contributed by atoms with Crippen molar-refractivity contribution in [2.45, 2.75) is 65.5 Å². The summed E-state index contributed by atoms with van der Waals surface area (Å²) in [6.45, 7) is 9.71. The van der Waals surface area contributed by atoms with Gasteiger partial charge >= 0.3 is 5.97 Å². The Bertz CT molecular complexity index is 1490. The molecule has 0 fully saturated rings. The minimum Gasteiger partial charge on any atom is -0.456 e. The van der Waals surface area contributed by atoms with Crippen molar-refractivity contribution >= 4 is 44.9 Å². The molecule has 1 atom stereocenters. The second-order valence-electron chi connectivity index (χ2n) is 10.5. The van der Waals surface area contributed by atoms with E-state index in [9.17, 15) is 9.59 Å². The molecule has 0 aliphatic heterocycles. The molecule has 0 spiro atoms. The highest BCUT2D eigenvalue weighted by Crippen LogP contribution is 2.29. The van der Waals surface area contributed by atoms with Crippen LogP contribution in [0, 0.1) is 13.8 Å². The van der Waals surface area contributed by atoms with Gasteiger partial charge in [0.2, 0.25) is 17.6 Å². The number of aromatic nitrogens is 4. The molecule has 1 aromatic carbocycles. The topological polar surface area (TPSA) is 144 Å². The number of ether oxygens (including phenoxy) is 1. The average molecular weight is 566 g/mol. The second kappa shape index (κ2) is 12.5. The van der Waals surface area contributed by atoms with Gasteiger partial charge in [-0.3, -0.25) is 4.79 Å². The number of hydrogen-bond donors (Lipinski definition) is 3. The van der Waals surface area contributed by atoms with Crippen molar-refractivity contribution in [2.24, 2.45) is 0 Å². The van der Waals surface area contributed by atoms with Crippen LogP contribution in [-0.2, 0) is 9.53 Å². The molecular formula is C28H35N7O4S. The minimum absolute atomic E-state index is 0.186. The first-order valence-electron chi connectivity index (χ1n) is 13.1. The summed E-state index contributed by atoms with van der Waals surface area (Å²) in [5.74, 6) is 0.994. The number of pyridine rings is 1. The number of anilines is 2. The van der Waals surface area contributed by atoms with Gasteiger partial charge in [0.15, 0.2) is 5.13 Å². The quantitative estimate of drug-likeness (QED) is 0.165. The second-order valence-corrected chi connectivity index (χ2v) is 11.5. The van der Waals surface area contributed by atoms with Crippen molar-refractivity contribution in [1.29, 1.82) is 0 Å². The monoisotopic (exact) mass is 565 g/mol. The van der Waals surface area contributed by atoms with Gasteiger partial charge in [0.05, 0.1) is 5.69 Å². The zero-order valence-corrected chi connectivity index (χ0v) is 24.4. The molecule has 0 unspecified atom stereocenters. The molecule has 212 valence electrons. The molecule has 12 heteroatoms. The number of esters is 1. The molecule has 11 nitrogen and oxygen atoms in total. The lowest BCUT2D eigenvalue weighted by molar-refractivity contribution is -0.116. The Hall–Kier alpha value is -3.90. The smallest absolute Gasteiger partial charge is 0.350 e. The predicted molar refractivity (Wildman–Crippen MR) is 156 cm³/mol. The summed E-state index contributed by atoms with van der Waals surface area (Å²) in [4.78, 5) is 39.3. The fraction of sp³-hybridized carbons (Fsp3) is 0.429. The largest absolute Gasteiger partial charge is 0.456 e. The zero-order valence-electron chi connectivity index (χ0n) is 23.6. The predicted octanol–water partition coefficient (Wildman–Crippen LogP) is 5.12. The van der Waals surface area contributed by atoms with Crippen molar-refractivity contribution < 1.29 is 18.8 Å². The fourth-order valence-corrected chi connectivity index (χ4v) is 5.00. The number of nitrogens with one attached hydrogen (secondary N) is 3. The van der Waals surface area contributed by atoms with Crippen molar-refractivity contribution in [2.75, 3.05) is 24.2 Å². The van der Waals surface area contributed by atoms with Gasteiger partial charge in [0.1, 0.15) is 16.3 Å². The molecule has 0 aliphatic carbocycles. The van der Waals surface area contributed by atoms with Gasteiger partial charge in [-0.1, -0.05) is 28.6 Å². The SMILES string of the molecule is CNCCC[C@@H](CC(=O)Nc1nc(C)c(C(=O)OC(C)(C)C)s1)Nc1nccc2ccc(-c3noc(C)n3)cc12. The number of thiazole rings is 1. The van der Waals surface area contributed by atoms with E-state index in [0.29, 0.717) is 33.2 Å². The molecular weight excluding hydrogens is 530 g/mol. The zero-order chi connectivity index (χ0) is 28.9. The molecule has 0 aliphatic rings. The number of hydrogen-bond acceptors (Lipinski definition) is 11. The van der Waals surface area contributed by atoms with Gasteiger partial charge < -0.3 is 25.2 Å². The van der Waals surface area contributed by atoms with Crippen LogP contribution in [0.3, 0.4) is 0 Å². The van der Waals surface area contributed by atoms with Crippen LogP contribution in [0.25, 0.3) is 22.2 Å². The van der Waals surface area contributed by atoms with Crippen LogP contribution >= 0.6 is 11.3 Å². The first-order valence-corrected chi connectivity index (χ1v) is 14.0. The van der Waals surface area contributed by atoms with Crippen LogP contribution in [0.4, 0.5) is 10.9 Å². The Morgan fingerprint density at radius 3 is 2.65 bits per heavy atom. The number of nitrogens with zero attached hydrogens (tertiary/aromatic N) is 4. The van der Waals surface area contributed by atoms with Gasteiger partial charge in [-0.25, -0.2) is 14.8 Å². The number of rotatable bonds is 11. The summed E-state index contributed by atoms with van der Waals surface area (Å²) < 4.78 is 10.6. The van der Waals surface area contributed by atoms with Gasteiger partial charge in [-0.05, 0) is 71.6 Å². The Morgan fingerprint density at radius 1 is 1.15 bits per heavy atom. The molecule has 40 heavy (non-hydrogen) atoms. The van der Waals surface area contributed by atoms with Crippen LogP contribution in [0.1, 0.15) is 61.3 Å². The van der Waals surface area contributed by atoms with E-state index in [-0.39, 0.29) is 18.4 Å². The number of aryl methyl sites for hydroxylation is 2. The molecule has 0 radical (unpaired) electrons. The lowest BCUT2D eigenvalue weighted by atomic mass is 10.0. The molecule has 0 saturated carbocycles. The maximum atomic E-state index is 13.1. The summed E-state index contributed by atoms with van der Waals surface area (Å²) in [5.41, 5.74) is 0.708. The van der Waals surface area contributed by atoms with E-state index in [1.807, 2.05) is 52.1 Å². The summed E-state index contributed by atoms with van der Waals surface area (Å²) in [6, 6.07) is 7.63. The summed E-state index contributed by atoms with van der Waals surface area (Å²) in [7, 11) is 1.90. The Morgan fingerprint density at radius 2 is 1.95 bits per heavy atom. The lowest BCUT2D eigenvalue weighted by Gasteiger charge is -2.20. The first-order chi connectivity index (χ1) is 19.0. The third kappa shape index (κ3) is 7.60. The Kier molecular flexibility index (Phi) is 9.10. The van der Waals surface area contributed by atoms with E-state index in [4.69, 9.17) is 9.26 Å². The van der Waals surface area contributed by atoms with E-state index in [0.717, 1.165) is 47.1 Å². The highest BCUT2D eigenvalue weighted by atomic mass is 32.1. The third-order valence-electron chi connectivity index (χ3n) is 5.93. The van der Waals surface area contributed by atoms with Gasteiger partial charge in [0, 0.05) is 36.5 Å². The highest BCUT2D eigenvalue weighted by Gasteiger charge is 2.24. The van der Waals surface area contributed by atoms with Crippen molar-refractivity contribution in [3.8, 4) is 11.4 Å². The summed E-state index contributed by atoms with van der Waals surface area (Å²) in [5, 5.41) is 15.8. The molecule has 1 amide bonds. The maximum Gasteiger partial charge on any atom is 0.350 e. The number of carbonyl (C=O) groups excluding carboxylic acids is 2. The van der Waals surface area contributed by atoms with Crippen molar-refractivity contribution in [3.63, 3.8) is 0 Å². The van der Waals surface area contributed by atoms with Crippen LogP contribution in [0.5, 0.6) is 0 Å². The minimum atomic E-state index is -0.621. The number of benzene rings is 1.